The number of nitrogens with one attached hydrogen (secondary N) is 1. The van der Waals surface area contributed by atoms with E-state index < -0.39 is 0 Å². The van der Waals surface area contributed by atoms with Crippen LogP contribution in [0.1, 0.15) is 29.5 Å². The first-order valence-corrected chi connectivity index (χ1v) is 7.04. The van der Waals surface area contributed by atoms with Crippen LogP contribution >= 0.6 is 0 Å². The van der Waals surface area contributed by atoms with Crippen LogP contribution in [0.5, 0.6) is 0 Å². The first-order chi connectivity index (χ1) is 8.99. The van der Waals surface area contributed by atoms with Crippen LogP contribution in [0.3, 0.4) is 0 Å². The highest BCUT2D eigenvalue weighted by molar-refractivity contribution is 5.94. The Labute approximate surface area is 116 Å². The van der Waals surface area contributed by atoms with E-state index in [1.807, 2.05) is 11.9 Å². The summed E-state index contributed by atoms with van der Waals surface area (Å²) < 4.78 is 0. The highest BCUT2D eigenvalue weighted by atomic mass is 16.2. The molecule has 1 aliphatic heterocycles. The molecule has 1 unspecified atom stereocenters. The SMILES string of the molecule is Cc1cc(C)c(N(C)C(=O)CC2CCNC2)c(C)c1. The molecule has 0 aromatic heterocycles. The van der Waals surface area contributed by atoms with Gasteiger partial charge in [0.2, 0.25) is 5.91 Å². The lowest BCUT2D eigenvalue weighted by Gasteiger charge is -2.23. The summed E-state index contributed by atoms with van der Waals surface area (Å²) in [4.78, 5) is 14.2. The third-order valence-corrected chi connectivity index (χ3v) is 3.97. The van der Waals surface area contributed by atoms with Crippen LogP contribution in [0.15, 0.2) is 12.1 Å². The van der Waals surface area contributed by atoms with Crippen molar-refractivity contribution < 1.29 is 4.79 Å². The number of rotatable bonds is 3. The second-order valence-electron chi connectivity index (χ2n) is 5.76. The second-order valence-corrected chi connectivity index (χ2v) is 5.76. The highest BCUT2D eigenvalue weighted by Crippen LogP contribution is 2.26. The summed E-state index contributed by atoms with van der Waals surface area (Å²) in [6.45, 7) is 8.28. The topological polar surface area (TPSA) is 32.3 Å². The van der Waals surface area contributed by atoms with Crippen LogP contribution in [0.4, 0.5) is 5.69 Å². The van der Waals surface area contributed by atoms with Gasteiger partial charge in [0.25, 0.3) is 0 Å². The lowest BCUT2D eigenvalue weighted by molar-refractivity contribution is -0.119. The van der Waals surface area contributed by atoms with E-state index in [0.29, 0.717) is 12.3 Å². The molecule has 1 N–H and O–H groups in total. The zero-order valence-electron chi connectivity index (χ0n) is 12.4. The van der Waals surface area contributed by atoms with E-state index in [4.69, 9.17) is 0 Å². The Morgan fingerprint density at radius 3 is 2.47 bits per heavy atom. The minimum absolute atomic E-state index is 0.226. The van der Waals surface area contributed by atoms with Gasteiger partial charge in [-0.25, -0.2) is 0 Å². The molecule has 3 nitrogen and oxygen atoms in total. The Morgan fingerprint density at radius 2 is 1.95 bits per heavy atom. The molecule has 1 fully saturated rings. The average Bonchev–Trinajstić information content (AvgIpc) is 2.80. The first kappa shape index (κ1) is 14.1. The van der Waals surface area contributed by atoms with E-state index >= 15 is 0 Å². The standard InChI is InChI=1S/C16H24N2O/c1-11-7-12(2)16(13(3)8-11)18(4)15(19)9-14-5-6-17-10-14/h7-8,14,17H,5-6,9-10H2,1-4H3. The van der Waals surface area contributed by atoms with E-state index in [1.165, 1.54) is 16.7 Å². The van der Waals surface area contributed by atoms with E-state index in [0.717, 1.165) is 25.2 Å². The molecule has 3 heteroatoms. The molecule has 1 aromatic rings. The van der Waals surface area contributed by atoms with E-state index in [9.17, 15) is 4.79 Å². The molecule has 1 aromatic carbocycles. The summed E-state index contributed by atoms with van der Waals surface area (Å²) in [5, 5.41) is 3.32. The van der Waals surface area contributed by atoms with Crippen molar-refractivity contribution in [2.24, 2.45) is 5.92 Å². The Hall–Kier alpha value is -1.35. The number of nitrogens with zero attached hydrogens (tertiary/aromatic N) is 1. The van der Waals surface area contributed by atoms with Crippen LogP contribution in [-0.4, -0.2) is 26.0 Å². The zero-order valence-corrected chi connectivity index (χ0v) is 12.4. The van der Waals surface area contributed by atoms with Crippen LogP contribution in [0.2, 0.25) is 0 Å². The molecule has 1 heterocycles. The third-order valence-electron chi connectivity index (χ3n) is 3.97. The predicted molar refractivity (Wildman–Crippen MR) is 79.7 cm³/mol. The molecule has 1 atom stereocenters. The van der Waals surface area contributed by atoms with Crippen LogP contribution < -0.4 is 10.2 Å². The maximum atomic E-state index is 12.4. The Bertz CT molecular complexity index is 453. The van der Waals surface area contributed by atoms with Gasteiger partial charge in [0.1, 0.15) is 0 Å². The summed E-state index contributed by atoms with van der Waals surface area (Å²) in [5.41, 5.74) is 4.68. The molecule has 1 amide bonds. The number of benzene rings is 1. The van der Waals surface area contributed by atoms with Gasteiger partial charge >= 0.3 is 0 Å². The largest absolute Gasteiger partial charge is 0.316 e. The number of amides is 1. The van der Waals surface area contributed by atoms with Crippen molar-refractivity contribution >= 4 is 11.6 Å². The summed E-state index contributed by atoms with van der Waals surface area (Å²) in [6.07, 6.45) is 1.77. The van der Waals surface area contributed by atoms with Gasteiger partial charge in [-0.2, -0.15) is 0 Å². The molecule has 0 bridgehead atoms. The zero-order chi connectivity index (χ0) is 14.0. The third kappa shape index (κ3) is 3.16. The molecular formula is C16H24N2O. The molecular weight excluding hydrogens is 236 g/mol. The number of carbonyl (C=O) groups excluding carboxylic acids is 1. The summed E-state index contributed by atoms with van der Waals surface area (Å²) in [6, 6.07) is 4.28. The van der Waals surface area contributed by atoms with Gasteiger partial charge < -0.3 is 10.2 Å². The van der Waals surface area contributed by atoms with Gasteiger partial charge in [0.15, 0.2) is 0 Å². The van der Waals surface area contributed by atoms with Gasteiger partial charge in [-0.1, -0.05) is 17.7 Å². The van der Waals surface area contributed by atoms with Gasteiger partial charge in [-0.3, -0.25) is 4.79 Å². The van der Waals surface area contributed by atoms with Gasteiger partial charge in [-0.15, -0.1) is 0 Å². The van der Waals surface area contributed by atoms with Crippen LogP contribution in [-0.2, 0) is 4.79 Å². The molecule has 104 valence electrons. The normalized spacial score (nSPS) is 18.6. The molecule has 1 saturated heterocycles. The maximum absolute atomic E-state index is 12.4. The van der Waals surface area contributed by atoms with Crippen LogP contribution in [0, 0.1) is 26.7 Å². The van der Waals surface area contributed by atoms with Gasteiger partial charge in [-0.05, 0) is 57.3 Å². The molecule has 2 rings (SSSR count). The Kier molecular flexibility index (Phi) is 4.25. The average molecular weight is 260 g/mol. The van der Waals surface area contributed by atoms with Gasteiger partial charge in [0, 0.05) is 19.2 Å². The van der Waals surface area contributed by atoms with Crippen molar-refractivity contribution in [2.45, 2.75) is 33.6 Å². The van der Waals surface area contributed by atoms with Crippen molar-refractivity contribution in [3.8, 4) is 0 Å². The summed E-state index contributed by atoms with van der Waals surface area (Å²) in [7, 11) is 1.90. The summed E-state index contributed by atoms with van der Waals surface area (Å²) >= 11 is 0. The maximum Gasteiger partial charge on any atom is 0.227 e. The molecule has 0 spiro atoms. The van der Waals surface area contributed by atoms with Crippen molar-refractivity contribution in [2.75, 3.05) is 25.0 Å². The Morgan fingerprint density at radius 1 is 1.32 bits per heavy atom. The summed E-state index contributed by atoms with van der Waals surface area (Å²) in [5.74, 6) is 0.727. The Balaban J connectivity index is 2.14. The predicted octanol–water partition coefficient (Wildman–Crippen LogP) is 2.57. The first-order valence-electron chi connectivity index (χ1n) is 7.04. The molecule has 0 aliphatic carbocycles. The van der Waals surface area contributed by atoms with E-state index in [2.05, 4.69) is 38.2 Å². The fourth-order valence-electron chi connectivity index (χ4n) is 3.10. The number of hydrogen-bond donors (Lipinski definition) is 1. The van der Waals surface area contributed by atoms with E-state index in [-0.39, 0.29) is 5.91 Å². The molecule has 0 saturated carbocycles. The highest BCUT2D eigenvalue weighted by Gasteiger charge is 2.22. The molecule has 1 aliphatic rings. The van der Waals surface area contributed by atoms with Crippen molar-refractivity contribution in [1.82, 2.24) is 5.32 Å². The molecule has 0 radical (unpaired) electrons. The smallest absolute Gasteiger partial charge is 0.227 e. The fourth-order valence-corrected chi connectivity index (χ4v) is 3.10. The van der Waals surface area contributed by atoms with Crippen molar-refractivity contribution in [3.05, 3.63) is 28.8 Å². The monoisotopic (exact) mass is 260 g/mol. The quantitative estimate of drug-likeness (QED) is 0.906. The number of hydrogen-bond acceptors (Lipinski definition) is 2. The lowest BCUT2D eigenvalue weighted by Crippen LogP contribution is -2.30. The number of carbonyl (C=O) groups is 1. The number of aryl methyl sites for hydroxylation is 3. The molecule has 19 heavy (non-hydrogen) atoms. The van der Waals surface area contributed by atoms with Crippen molar-refractivity contribution in [3.63, 3.8) is 0 Å². The lowest BCUT2D eigenvalue weighted by atomic mass is 10.0. The minimum Gasteiger partial charge on any atom is -0.316 e. The fraction of sp³-hybridized carbons (Fsp3) is 0.562. The van der Waals surface area contributed by atoms with Crippen molar-refractivity contribution in [1.29, 1.82) is 0 Å². The van der Waals surface area contributed by atoms with Crippen LogP contribution in [0.25, 0.3) is 0 Å². The second kappa shape index (κ2) is 5.74. The van der Waals surface area contributed by atoms with Gasteiger partial charge in [0.05, 0.1) is 0 Å². The van der Waals surface area contributed by atoms with E-state index in [1.54, 1.807) is 0 Å². The number of anilines is 1. The minimum atomic E-state index is 0.226.